The van der Waals surface area contributed by atoms with Crippen molar-refractivity contribution in [2.75, 3.05) is 32.7 Å². The molecule has 27 heavy (non-hydrogen) atoms. The quantitative estimate of drug-likeness (QED) is 0.603. The van der Waals surface area contributed by atoms with Gasteiger partial charge in [-0.05, 0) is 69.4 Å². The first-order valence-corrected chi connectivity index (χ1v) is 10.3. The number of thiocarbonyl (C=S) groups is 1. The monoisotopic (exact) mass is 389 g/mol. The van der Waals surface area contributed by atoms with Gasteiger partial charge in [-0.2, -0.15) is 0 Å². The Balaban J connectivity index is 2.30. The van der Waals surface area contributed by atoms with Crippen LogP contribution in [0.3, 0.4) is 0 Å². The van der Waals surface area contributed by atoms with E-state index < -0.39 is 0 Å². The molecular formula is C21H33N4OS+. The molecule has 6 heteroatoms. The van der Waals surface area contributed by atoms with E-state index >= 15 is 0 Å². The lowest BCUT2D eigenvalue weighted by Gasteiger charge is -2.27. The summed E-state index contributed by atoms with van der Waals surface area (Å²) in [6.07, 6.45) is 0. The summed E-state index contributed by atoms with van der Waals surface area (Å²) in [7, 11) is 0. The molecule has 0 spiro atoms. The van der Waals surface area contributed by atoms with Crippen LogP contribution in [-0.2, 0) is 6.54 Å². The third-order valence-corrected chi connectivity index (χ3v) is 5.74. The van der Waals surface area contributed by atoms with Crippen LogP contribution in [0, 0.1) is 13.8 Å². The molecule has 3 N–H and O–H groups in total. The van der Waals surface area contributed by atoms with E-state index in [1.165, 1.54) is 10.5 Å². The van der Waals surface area contributed by atoms with Gasteiger partial charge < -0.3 is 20.1 Å². The highest BCUT2D eigenvalue weighted by atomic mass is 32.1. The van der Waals surface area contributed by atoms with Crippen molar-refractivity contribution in [1.29, 1.82) is 0 Å². The summed E-state index contributed by atoms with van der Waals surface area (Å²) in [5.41, 5.74) is 3.96. The van der Waals surface area contributed by atoms with Gasteiger partial charge >= 0.3 is 0 Å². The summed E-state index contributed by atoms with van der Waals surface area (Å²) >= 11 is 5.57. The third-order valence-electron chi connectivity index (χ3n) is 5.34. The van der Waals surface area contributed by atoms with Crippen LogP contribution < -0.4 is 15.8 Å². The highest BCUT2D eigenvalue weighted by Gasteiger charge is 2.15. The number of aromatic amines is 1. The molecule has 148 valence electrons. The van der Waals surface area contributed by atoms with Gasteiger partial charge in [0.15, 0.2) is 5.11 Å². The van der Waals surface area contributed by atoms with Crippen molar-refractivity contribution in [3.05, 3.63) is 45.2 Å². The summed E-state index contributed by atoms with van der Waals surface area (Å²) in [6.45, 7) is 15.9. The van der Waals surface area contributed by atoms with Crippen molar-refractivity contribution >= 4 is 28.2 Å². The Morgan fingerprint density at radius 3 is 2.56 bits per heavy atom. The van der Waals surface area contributed by atoms with E-state index in [4.69, 9.17) is 12.2 Å². The molecule has 0 unspecified atom stereocenters. The minimum atomic E-state index is -0.0318. The van der Waals surface area contributed by atoms with E-state index in [1.54, 1.807) is 0 Å². The van der Waals surface area contributed by atoms with E-state index in [0.717, 1.165) is 54.8 Å². The Kier molecular flexibility index (Phi) is 7.80. The first-order chi connectivity index (χ1) is 12.9. The highest BCUT2D eigenvalue weighted by Crippen LogP contribution is 2.19. The number of rotatable bonds is 8. The number of hydrogen-bond acceptors (Lipinski definition) is 2. The van der Waals surface area contributed by atoms with Gasteiger partial charge in [0.05, 0.1) is 38.2 Å². The average Bonchev–Trinajstić information content (AvgIpc) is 2.65. The Labute approximate surface area is 167 Å². The number of pyridine rings is 1. The first-order valence-electron chi connectivity index (χ1n) is 9.89. The first kappa shape index (κ1) is 21.4. The lowest BCUT2D eigenvalue weighted by molar-refractivity contribution is -0.895. The molecule has 2 aromatic rings. The van der Waals surface area contributed by atoms with Crippen LogP contribution in [0.15, 0.2) is 23.0 Å². The van der Waals surface area contributed by atoms with Gasteiger partial charge in [-0.3, -0.25) is 4.79 Å². The van der Waals surface area contributed by atoms with Crippen LogP contribution in [0.1, 0.15) is 37.5 Å². The fourth-order valence-corrected chi connectivity index (χ4v) is 3.61. The predicted molar refractivity (Wildman–Crippen MR) is 118 cm³/mol. The molecule has 0 bridgehead atoms. The number of aryl methyl sites for hydroxylation is 2. The zero-order valence-electron chi connectivity index (χ0n) is 17.2. The second-order valence-corrected chi connectivity index (χ2v) is 7.45. The summed E-state index contributed by atoms with van der Waals surface area (Å²) < 4.78 is 0. The number of nitrogens with zero attached hydrogens (tertiary/aromatic N) is 1. The molecular weight excluding hydrogens is 356 g/mol. The van der Waals surface area contributed by atoms with Gasteiger partial charge in [0, 0.05) is 12.1 Å². The molecule has 0 radical (unpaired) electrons. The summed E-state index contributed by atoms with van der Waals surface area (Å²) in [6, 6.07) is 6.18. The maximum absolute atomic E-state index is 12.7. The second kappa shape index (κ2) is 9.85. The summed E-state index contributed by atoms with van der Waals surface area (Å²) in [4.78, 5) is 19.4. The Morgan fingerprint density at radius 1 is 1.22 bits per heavy atom. The Hall–Kier alpha value is -1.92. The normalized spacial score (nSPS) is 11.2. The number of nitrogens with one attached hydrogen (secondary N) is 3. The zero-order chi connectivity index (χ0) is 20.0. The summed E-state index contributed by atoms with van der Waals surface area (Å²) in [5.74, 6) is 0. The number of fused-ring (bicyclic) bond motifs is 1. The predicted octanol–water partition coefficient (Wildman–Crippen LogP) is 1.77. The van der Waals surface area contributed by atoms with Crippen LogP contribution in [-0.4, -0.2) is 47.7 Å². The van der Waals surface area contributed by atoms with Crippen molar-refractivity contribution in [3.63, 3.8) is 0 Å². The number of hydrogen-bond donors (Lipinski definition) is 3. The van der Waals surface area contributed by atoms with E-state index in [-0.39, 0.29) is 5.56 Å². The Bertz CT molecular complexity index is 842. The fourth-order valence-electron chi connectivity index (χ4n) is 3.31. The largest absolute Gasteiger partial charge is 0.363 e. The molecule has 1 aromatic heterocycles. The minimum Gasteiger partial charge on any atom is -0.363 e. The molecule has 0 aliphatic carbocycles. The van der Waals surface area contributed by atoms with Crippen LogP contribution in [0.5, 0.6) is 0 Å². The molecule has 0 fully saturated rings. The maximum atomic E-state index is 12.7. The molecule has 0 amide bonds. The smallest absolute Gasteiger partial charge is 0.253 e. The van der Waals surface area contributed by atoms with Crippen LogP contribution >= 0.6 is 12.2 Å². The lowest BCUT2D eigenvalue weighted by atomic mass is 10.0. The average molecular weight is 390 g/mol. The molecule has 0 saturated carbocycles. The molecule has 0 atom stereocenters. The SMILES string of the molecule is CCNC(=S)N(CC[NH+](CC)CC)Cc1cc2ccc(C)c(C)c2[nH]c1=O. The van der Waals surface area contributed by atoms with Gasteiger partial charge in [0.25, 0.3) is 5.56 Å². The molecule has 1 aromatic carbocycles. The summed E-state index contributed by atoms with van der Waals surface area (Å²) in [5, 5.41) is 5.01. The fraction of sp³-hybridized carbons (Fsp3) is 0.524. The molecule has 5 nitrogen and oxygen atoms in total. The number of quaternary nitrogens is 1. The zero-order valence-corrected chi connectivity index (χ0v) is 18.1. The van der Waals surface area contributed by atoms with Crippen LogP contribution in [0.25, 0.3) is 10.9 Å². The van der Waals surface area contributed by atoms with Gasteiger partial charge in [-0.25, -0.2) is 0 Å². The molecule has 0 aliphatic rings. The van der Waals surface area contributed by atoms with Gasteiger partial charge in [0.1, 0.15) is 0 Å². The third kappa shape index (κ3) is 5.30. The molecule has 0 aliphatic heterocycles. The second-order valence-electron chi connectivity index (χ2n) is 7.06. The van der Waals surface area contributed by atoms with Crippen molar-refractivity contribution in [2.45, 2.75) is 41.2 Å². The van der Waals surface area contributed by atoms with Crippen molar-refractivity contribution in [1.82, 2.24) is 15.2 Å². The van der Waals surface area contributed by atoms with Gasteiger partial charge in [0.2, 0.25) is 0 Å². The maximum Gasteiger partial charge on any atom is 0.253 e. The van der Waals surface area contributed by atoms with E-state index in [1.807, 2.05) is 19.9 Å². The van der Waals surface area contributed by atoms with Crippen LogP contribution in [0.2, 0.25) is 0 Å². The van der Waals surface area contributed by atoms with Crippen molar-refractivity contribution in [3.8, 4) is 0 Å². The lowest BCUT2D eigenvalue weighted by Crippen LogP contribution is -3.12. The molecule has 1 heterocycles. The molecule has 0 saturated heterocycles. The van der Waals surface area contributed by atoms with Gasteiger partial charge in [-0.1, -0.05) is 12.1 Å². The minimum absolute atomic E-state index is 0.0318. The molecule has 2 rings (SSSR count). The number of aromatic nitrogens is 1. The van der Waals surface area contributed by atoms with E-state index in [0.29, 0.717) is 11.7 Å². The highest BCUT2D eigenvalue weighted by molar-refractivity contribution is 7.80. The van der Waals surface area contributed by atoms with Crippen molar-refractivity contribution < 1.29 is 4.90 Å². The standard InChI is InChI=1S/C21H32N4OS/c1-6-22-21(27)25(12-11-24(7-2)8-3)14-18-13-17-10-9-15(4)16(5)19(17)23-20(18)26/h9-10,13H,6-8,11-12,14H2,1-5H3,(H,22,27)(H,23,26)/p+1. The van der Waals surface area contributed by atoms with Crippen molar-refractivity contribution in [2.24, 2.45) is 0 Å². The Morgan fingerprint density at radius 2 is 1.93 bits per heavy atom. The van der Waals surface area contributed by atoms with Crippen LogP contribution in [0.4, 0.5) is 0 Å². The van der Waals surface area contributed by atoms with Gasteiger partial charge in [-0.15, -0.1) is 0 Å². The number of H-pyrrole nitrogens is 1. The van der Waals surface area contributed by atoms with E-state index in [2.05, 4.69) is 48.1 Å². The number of benzene rings is 1. The topological polar surface area (TPSA) is 52.6 Å². The number of likely N-dealkylation sites (N-methyl/N-ethyl adjacent to an activating group) is 1. The van der Waals surface area contributed by atoms with E-state index in [9.17, 15) is 4.79 Å².